The molecule has 0 spiro atoms. The second kappa shape index (κ2) is 4.88. The molecule has 3 rings (SSSR count). The Hall–Kier alpha value is -0.0900. The van der Waals surface area contributed by atoms with E-state index in [0.29, 0.717) is 0 Å². The van der Waals surface area contributed by atoms with E-state index in [0.717, 1.165) is 12.0 Å². The van der Waals surface area contributed by atoms with Crippen LogP contribution >= 0.6 is 0 Å². The number of aryl methyl sites for hydroxylation is 1. The van der Waals surface area contributed by atoms with Crippen molar-refractivity contribution in [1.29, 1.82) is 0 Å². The predicted molar refractivity (Wildman–Crippen MR) is 67.1 cm³/mol. The molecule has 1 saturated heterocycles. The van der Waals surface area contributed by atoms with Crippen molar-refractivity contribution in [2.75, 3.05) is 13.6 Å². The maximum atomic E-state index is 2.46. The molecule has 2 bridgehead atoms. The maximum absolute atomic E-state index is 2.46. The van der Waals surface area contributed by atoms with Gasteiger partial charge in [-0.1, -0.05) is 29.8 Å². The Kier molecular flexibility index (Phi) is 3.83. The number of quaternary nitrogens is 1. The number of nitrogens with zero attached hydrogens (tertiary/aromatic N) is 1. The van der Waals surface area contributed by atoms with Crippen LogP contribution < -0.4 is 24.0 Å². The van der Waals surface area contributed by atoms with Gasteiger partial charge in [0.15, 0.2) is 0 Å². The second-order valence-electron chi connectivity index (χ2n) is 6.14. The standard InChI is InChI=1S/C15H22N.HI/c1-12-3-5-13(6-4-12)10-16(2)11-14-7-8-15(16)9-14;/h3-6,14-15H,7-11H2,1-2H3;1H/q+1;/p-1. The molecule has 3 unspecified atom stereocenters. The fraction of sp³-hybridized carbons (Fsp3) is 0.600. The summed E-state index contributed by atoms with van der Waals surface area (Å²) >= 11 is 0. The van der Waals surface area contributed by atoms with Crippen LogP contribution in [0, 0.1) is 12.8 Å². The number of hydrogen-bond acceptors (Lipinski definition) is 0. The van der Waals surface area contributed by atoms with Crippen LogP contribution in [0.25, 0.3) is 0 Å². The molecule has 0 amide bonds. The number of rotatable bonds is 2. The number of halogens is 1. The van der Waals surface area contributed by atoms with E-state index in [4.69, 9.17) is 0 Å². The number of likely N-dealkylation sites (tertiary alicyclic amines) is 1. The van der Waals surface area contributed by atoms with Gasteiger partial charge in [0.05, 0.1) is 19.6 Å². The lowest BCUT2D eigenvalue weighted by Gasteiger charge is -2.38. The number of fused-ring (bicyclic) bond motifs is 2. The van der Waals surface area contributed by atoms with Crippen LogP contribution in [0.15, 0.2) is 24.3 Å². The third-order valence-corrected chi connectivity index (χ3v) is 4.73. The average Bonchev–Trinajstić information content (AvgIpc) is 2.81. The third kappa shape index (κ3) is 2.53. The predicted octanol–water partition coefficient (Wildman–Crippen LogP) is 0.128. The van der Waals surface area contributed by atoms with Crippen molar-refractivity contribution in [1.82, 2.24) is 0 Å². The summed E-state index contributed by atoms with van der Waals surface area (Å²) in [7, 11) is 2.46. The molecular weight excluding hydrogens is 321 g/mol. The largest absolute Gasteiger partial charge is 1.00 e. The Labute approximate surface area is 122 Å². The highest BCUT2D eigenvalue weighted by molar-refractivity contribution is 5.20. The molecule has 0 N–H and O–H groups in total. The van der Waals surface area contributed by atoms with Gasteiger partial charge in [0.2, 0.25) is 0 Å². The summed E-state index contributed by atoms with van der Waals surface area (Å²) < 4.78 is 1.30. The van der Waals surface area contributed by atoms with Crippen LogP contribution in [-0.2, 0) is 6.54 Å². The van der Waals surface area contributed by atoms with E-state index < -0.39 is 0 Å². The Bertz CT molecular complexity index is 386. The van der Waals surface area contributed by atoms with Crippen LogP contribution in [0.1, 0.15) is 30.4 Å². The van der Waals surface area contributed by atoms with Crippen LogP contribution in [0.3, 0.4) is 0 Å². The first-order valence-electron chi connectivity index (χ1n) is 6.55. The minimum absolute atomic E-state index is 0. The molecule has 2 aliphatic rings. The number of piperidine rings is 1. The summed E-state index contributed by atoms with van der Waals surface area (Å²) in [6.45, 7) is 4.82. The molecule has 1 nitrogen and oxygen atoms in total. The molecule has 2 heteroatoms. The minimum Gasteiger partial charge on any atom is -1.00 e. The van der Waals surface area contributed by atoms with Crippen molar-refractivity contribution in [3.8, 4) is 0 Å². The van der Waals surface area contributed by atoms with Gasteiger partial charge in [-0.25, -0.2) is 0 Å². The first-order valence-corrected chi connectivity index (χ1v) is 6.55. The quantitative estimate of drug-likeness (QED) is 0.529. The van der Waals surface area contributed by atoms with Gasteiger partial charge in [-0.05, 0) is 19.8 Å². The molecular formula is C15H22IN. The molecule has 17 heavy (non-hydrogen) atoms. The van der Waals surface area contributed by atoms with E-state index in [-0.39, 0.29) is 24.0 Å². The number of benzene rings is 1. The highest BCUT2D eigenvalue weighted by Crippen LogP contribution is 2.42. The fourth-order valence-electron chi connectivity index (χ4n) is 3.82. The summed E-state index contributed by atoms with van der Waals surface area (Å²) in [5.41, 5.74) is 2.88. The molecule has 0 radical (unpaired) electrons. The summed E-state index contributed by atoms with van der Waals surface area (Å²) in [5, 5.41) is 0. The van der Waals surface area contributed by atoms with E-state index in [9.17, 15) is 0 Å². The highest BCUT2D eigenvalue weighted by Gasteiger charge is 2.48. The molecule has 1 saturated carbocycles. The summed E-state index contributed by atoms with van der Waals surface area (Å²) in [6, 6.07) is 10.1. The lowest BCUT2D eigenvalue weighted by atomic mass is 10.1. The molecule has 94 valence electrons. The normalized spacial score (nSPS) is 34.7. The summed E-state index contributed by atoms with van der Waals surface area (Å²) in [5.74, 6) is 1.03. The maximum Gasteiger partial charge on any atom is 0.104 e. The summed E-state index contributed by atoms with van der Waals surface area (Å²) in [4.78, 5) is 0. The molecule has 1 aliphatic heterocycles. The lowest BCUT2D eigenvalue weighted by molar-refractivity contribution is -0.938. The van der Waals surface area contributed by atoms with Crippen molar-refractivity contribution in [3.05, 3.63) is 35.4 Å². The smallest absolute Gasteiger partial charge is 0.104 e. The van der Waals surface area contributed by atoms with Gasteiger partial charge in [-0.2, -0.15) is 0 Å². The first kappa shape index (κ1) is 13.3. The van der Waals surface area contributed by atoms with Crippen LogP contribution in [-0.4, -0.2) is 24.1 Å². The van der Waals surface area contributed by atoms with E-state index in [1.165, 1.54) is 48.0 Å². The molecule has 0 aromatic heterocycles. The van der Waals surface area contributed by atoms with Crippen LogP contribution in [0.2, 0.25) is 0 Å². The van der Waals surface area contributed by atoms with Gasteiger partial charge in [-0.15, -0.1) is 0 Å². The Balaban J connectivity index is 0.00000108. The van der Waals surface area contributed by atoms with Gasteiger partial charge in [-0.3, -0.25) is 0 Å². The van der Waals surface area contributed by atoms with Crippen molar-refractivity contribution in [3.63, 3.8) is 0 Å². The molecule has 2 fully saturated rings. The Morgan fingerprint density at radius 3 is 2.41 bits per heavy atom. The Morgan fingerprint density at radius 1 is 1.18 bits per heavy atom. The van der Waals surface area contributed by atoms with Gasteiger partial charge < -0.3 is 28.5 Å². The van der Waals surface area contributed by atoms with Crippen molar-refractivity contribution >= 4 is 0 Å². The van der Waals surface area contributed by atoms with E-state index in [1.54, 1.807) is 0 Å². The zero-order chi connectivity index (χ0) is 11.2. The van der Waals surface area contributed by atoms with Crippen molar-refractivity contribution in [2.24, 2.45) is 5.92 Å². The van der Waals surface area contributed by atoms with Gasteiger partial charge in [0.25, 0.3) is 0 Å². The Morgan fingerprint density at radius 2 is 1.88 bits per heavy atom. The molecule has 3 atom stereocenters. The second-order valence-corrected chi connectivity index (χ2v) is 6.14. The number of hydrogen-bond donors (Lipinski definition) is 0. The average molecular weight is 343 g/mol. The van der Waals surface area contributed by atoms with E-state index >= 15 is 0 Å². The topological polar surface area (TPSA) is 0 Å². The monoisotopic (exact) mass is 343 g/mol. The molecule has 1 aliphatic carbocycles. The van der Waals surface area contributed by atoms with Crippen LogP contribution in [0.5, 0.6) is 0 Å². The van der Waals surface area contributed by atoms with Gasteiger partial charge >= 0.3 is 0 Å². The molecule has 1 aromatic rings. The molecule has 1 aromatic carbocycles. The first-order chi connectivity index (χ1) is 7.66. The summed E-state index contributed by atoms with van der Waals surface area (Å²) in [6.07, 6.45) is 4.45. The van der Waals surface area contributed by atoms with E-state index in [2.05, 4.69) is 38.2 Å². The minimum atomic E-state index is 0. The van der Waals surface area contributed by atoms with Gasteiger partial charge in [0, 0.05) is 17.9 Å². The highest BCUT2D eigenvalue weighted by atomic mass is 127. The molecule has 1 heterocycles. The van der Waals surface area contributed by atoms with Crippen LogP contribution in [0.4, 0.5) is 0 Å². The van der Waals surface area contributed by atoms with Crippen molar-refractivity contribution < 1.29 is 28.5 Å². The van der Waals surface area contributed by atoms with E-state index in [1.807, 2.05) is 0 Å². The zero-order valence-electron chi connectivity index (χ0n) is 10.8. The zero-order valence-corrected chi connectivity index (χ0v) is 13.0. The third-order valence-electron chi connectivity index (χ3n) is 4.73. The van der Waals surface area contributed by atoms with Gasteiger partial charge in [0.1, 0.15) is 6.54 Å². The SMILES string of the molecule is Cc1ccc(C[N+]2(C)CC3CCC2C3)cc1.[I-]. The van der Waals surface area contributed by atoms with Crippen molar-refractivity contribution in [2.45, 2.75) is 38.8 Å². The fourth-order valence-corrected chi connectivity index (χ4v) is 3.82. The lowest BCUT2D eigenvalue weighted by Crippen LogP contribution is -3.00.